The molecule has 29 heavy (non-hydrogen) atoms. The van der Waals surface area contributed by atoms with Crippen LogP contribution < -0.4 is 0 Å². The number of carbonyl (C=O) groups excluding carboxylic acids is 1. The maximum absolute atomic E-state index is 8.00. The third-order valence-electron chi connectivity index (χ3n) is 3.19. The maximum Gasteiger partial charge on any atom is 0.106 e. The summed E-state index contributed by atoms with van der Waals surface area (Å²) in [5.41, 5.74) is -0.416. The largest absolute Gasteiger partial charge is 0.381 e. The van der Waals surface area contributed by atoms with Crippen LogP contribution in [-0.2, 0) is 28.8 Å². The molecular weight excluding hydrogens is 452 g/mol. The van der Waals surface area contributed by atoms with E-state index in [9.17, 15) is 0 Å². The molecule has 0 bridgehead atoms. The Morgan fingerprint density at radius 3 is 1.24 bits per heavy atom. The number of ether oxygens (including phenoxy) is 3. The van der Waals surface area contributed by atoms with Crippen molar-refractivity contribution in [1.82, 2.24) is 0 Å². The Morgan fingerprint density at radius 1 is 0.552 bits per heavy atom. The lowest BCUT2D eigenvalue weighted by molar-refractivity contribution is -0.315. The molecule has 176 valence electrons. The summed E-state index contributed by atoms with van der Waals surface area (Å²) in [6.45, 7) is 12.2. The molecule has 0 saturated heterocycles. The molecule has 0 radical (unpaired) electrons. The molecule has 0 spiro atoms. The third-order valence-corrected chi connectivity index (χ3v) is 4.32. The molecule has 0 amide bonds. The van der Waals surface area contributed by atoms with Crippen molar-refractivity contribution in [2.24, 2.45) is 5.41 Å². The van der Waals surface area contributed by atoms with Gasteiger partial charge >= 0.3 is 0 Å². The lowest BCUT2D eigenvalue weighted by Crippen LogP contribution is -2.42. The fourth-order valence-corrected chi connectivity index (χ4v) is 2.34. The van der Waals surface area contributed by atoms with Crippen LogP contribution in [0.15, 0.2) is 13.2 Å². The Kier molecular flexibility index (Phi) is 36.4. The molecule has 0 N–H and O–H groups in total. The lowest BCUT2D eigenvalue weighted by Gasteiger charge is -2.32. The quantitative estimate of drug-likeness (QED) is 0.0686. The highest BCUT2D eigenvalue weighted by atomic mass is 32.1. The second-order valence-electron chi connectivity index (χ2n) is 5.70. The van der Waals surface area contributed by atoms with Crippen molar-refractivity contribution < 1.29 is 28.8 Å². The second-order valence-corrected chi connectivity index (χ2v) is 7.49. The van der Waals surface area contributed by atoms with Crippen LogP contribution in [0.1, 0.15) is 19.3 Å². The molecule has 0 aromatic rings. The van der Waals surface area contributed by atoms with Gasteiger partial charge in [0, 0.05) is 25.6 Å². The summed E-state index contributed by atoms with van der Waals surface area (Å²) in [7, 11) is 0. The van der Waals surface area contributed by atoms with E-state index in [1.54, 1.807) is 0 Å². The lowest BCUT2D eigenvalue weighted by atomic mass is 9.92. The molecule has 0 aromatic heterocycles. The second kappa shape index (κ2) is 30.8. The van der Waals surface area contributed by atoms with Gasteiger partial charge < -0.3 is 19.0 Å². The van der Waals surface area contributed by atoms with Crippen LogP contribution in [0, 0.1) is 5.41 Å². The number of carbonyl (C=O) groups is 1. The van der Waals surface area contributed by atoms with Gasteiger partial charge in [-0.25, -0.2) is 9.78 Å². The Bertz CT molecular complexity index is 248. The molecule has 0 rings (SSSR count). The topological polar surface area (TPSA) is 63.2 Å². The van der Waals surface area contributed by atoms with Gasteiger partial charge in [-0.15, -0.1) is 13.2 Å². The Morgan fingerprint density at radius 2 is 0.931 bits per heavy atom. The number of hydrogen-bond acceptors (Lipinski definition) is 10. The van der Waals surface area contributed by atoms with E-state index in [1.807, 2.05) is 6.79 Å². The van der Waals surface area contributed by atoms with Gasteiger partial charge in [-0.3, -0.25) is 0 Å². The van der Waals surface area contributed by atoms with Crippen LogP contribution in [-0.4, -0.2) is 82.7 Å². The molecule has 0 saturated carbocycles. The first kappa shape index (κ1) is 34.2. The van der Waals surface area contributed by atoms with E-state index in [4.69, 9.17) is 28.8 Å². The van der Waals surface area contributed by atoms with Crippen molar-refractivity contribution in [3.8, 4) is 0 Å². The van der Waals surface area contributed by atoms with Gasteiger partial charge in [0.2, 0.25) is 0 Å². The van der Waals surface area contributed by atoms with Gasteiger partial charge in [-0.1, -0.05) is 0 Å². The zero-order valence-corrected chi connectivity index (χ0v) is 21.0. The summed E-state index contributed by atoms with van der Waals surface area (Å²) in [5.74, 6) is 2.99. The summed E-state index contributed by atoms with van der Waals surface area (Å²) in [6, 6.07) is 0. The average Bonchev–Trinajstić information content (AvgIpc) is 2.77. The van der Waals surface area contributed by atoms with E-state index < -0.39 is 5.41 Å². The minimum absolute atomic E-state index is 0.337. The predicted molar refractivity (Wildman–Crippen MR) is 134 cm³/mol. The van der Waals surface area contributed by atoms with Gasteiger partial charge in [0.25, 0.3) is 0 Å². The fraction of sp³-hybridized carbons (Fsp3) is 0.842. The van der Waals surface area contributed by atoms with Crippen LogP contribution in [0.3, 0.4) is 0 Å². The fourth-order valence-electron chi connectivity index (χ4n) is 1.88. The average molecular weight is 493 g/mol. The van der Waals surface area contributed by atoms with E-state index in [0.29, 0.717) is 58.6 Å². The molecule has 0 aliphatic heterocycles. The van der Waals surface area contributed by atoms with Crippen molar-refractivity contribution in [3.63, 3.8) is 0 Å². The third kappa shape index (κ3) is 24.7. The van der Waals surface area contributed by atoms with Crippen molar-refractivity contribution >= 4 is 57.3 Å². The SMILES string of the molecule is C=C.C=O.SCCCOCC(COCCCS)(COCCCS)COOCCS. The van der Waals surface area contributed by atoms with E-state index in [-0.39, 0.29) is 0 Å². The molecule has 6 nitrogen and oxygen atoms in total. The van der Waals surface area contributed by atoms with Crippen LogP contribution in [0.25, 0.3) is 0 Å². The summed E-state index contributed by atoms with van der Waals surface area (Å²) < 4.78 is 17.5. The zero-order chi connectivity index (χ0) is 22.6. The normalized spacial score (nSPS) is 10.6. The first-order valence-electron chi connectivity index (χ1n) is 9.44. The molecule has 0 aliphatic carbocycles. The van der Waals surface area contributed by atoms with Gasteiger partial charge in [-0.2, -0.15) is 50.5 Å². The molecule has 0 atom stereocenters. The van der Waals surface area contributed by atoms with Crippen molar-refractivity contribution in [2.45, 2.75) is 19.3 Å². The van der Waals surface area contributed by atoms with Crippen molar-refractivity contribution in [3.05, 3.63) is 13.2 Å². The number of rotatable bonds is 20. The number of thiol groups is 4. The van der Waals surface area contributed by atoms with E-state index in [1.165, 1.54) is 0 Å². The molecular formula is C19H40O6S4. The van der Waals surface area contributed by atoms with Gasteiger partial charge in [0.05, 0.1) is 38.4 Å². The smallest absolute Gasteiger partial charge is 0.106 e. The Hall–Kier alpha value is 0.610. The molecule has 0 unspecified atom stereocenters. The predicted octanol–water partition coefficient (Wildman–Crippen LogP) is 3.48. The van der Waals surface area contributed by atoms with Crippen LogP contribution in [0.2, 0.25) is 0 Å². The Balaban J connectivity index is -0.00000158. The van der Waals surface area contributed by atoms with Crippen LogP contribution in [0.5, 0.6) is 0 Å². The highest BCUT2D eigenvalue weighted by Crippen LogP contribution is 2.21. The zero-order valence-electron chi connectivity index (χ0n) is 17.5. The highest BCUT2D eigenvalue weighted by Gasteiger charge is 2.33. The highest BCUT2D eigenvalue weighted by molar-refractivity contribution is 7.80. The standard InChI is InChI=1S/C16H34O5S4.C2H4.CH2O/c22-8-1-4-17-12-16(13-18-5-2-9-23,14-19-6-3-10-24)15-21-20-7-11-25;2*1-2/h22-25H,1-15H2;1-2H2;1H2. The van der Waals surface area contributed by atoms with Gasteiger partial charge in [0.15, 0.2) is 0 Å². The first-order valence-corrected chi connectivity index (χ1v) is 12.0. The van der Waals surface area contributed by atoms with Crippen molar-refractivity contribution in [2.75, 3.05) is 75.9 Å². The molecule has 0 heterocycles. The molecule has 10 heteroatoms. The summed E-state index contributed by atoms with van der Waals surface area (Å²) >= 11 is 16.7. The summed E-state index contributed by atoms with van der Waals surface area (Å²) in [5, 5.41) is 0. The molecule has 0 aromatic carbocycles. The number of hydrogen-bond donors (Lipinski definition) is 4. The first-order chi connectivity index (χ1) is 14.2. The monoisotopic (exact) mass is 492 g/mol. The minimum atomic E-state index is -0.416. The van der Waals surface area contributed by atoms with Crippen LogP contribution in [0.4, 0.5) is 0 Å². The minimum Gasteiger partial charge on any atom is -0.381 e. The maximum atomic E-state index is 8.00. The summed E-state index contributed by atoms with van der Waals surface area (Å²) in [4.78, 5) is 18.5. The summed E-state index contributed by atoms with van der Waals surface area (Å²) in [6.07, 6.45) is 2.70. The van der Waals surface area contributed by atoms with E-state index in [2.05, 4.69) is 63.7 Å². The van der Waals surface area contributed by atoms with Crippen LogP contribution >= 0.6 is 50.5 Å². The Labute approximate surface area is 199 Å². The van der Waals surface area contributed by atoms with Gasteiger partial charge in [0.1, 0.15) is 6.79 Å². The van der Waals surface area contributed by atoms with Crippen molar-refractivity contribution in [1.29, 1.82) is 0 Å². The molecule has 0 fully saturated rings. The van der Waals surface area contributed by atoms with E-state index >= 15 is 0 Å². The molecule has 0 aliphatic rings. The van der Waals surface area contributed by atoms with Gasteiger partial charge in [-0.05, 0) is 36.5 Å². The van der Waals surface area contributed by atoms with E-state index in [0.717, 1.165) is 36.5 Å².